The maximum absolute atomic E-state index is 11.3. The molecule has 1 N–H and O–H groups in total. The maximum Gasteiger partial charge on any atom is 0.233 e. The maximum atomic E-state index is 11.3. The molecule has 1 atom stereocenters. The number of hydrogen-bond acceptors (Lipinski definition) is 2. The Bertz CT molecular complexity index is 166. The van der Waals surface area contributed by atoms with E-state index in [0.717, 1.165) is 12.5 Å². The van der Waals surface area contributed by atoms with E-state index in [9.17, 15) is 4.79 Å². The lowest BCUT2D eigenvalue weighted by Gasteiger charge is -2.13. The molecule has 3 heteroatoms. The van der Waals surface area contributed by atoms with E-state index >= 15 is 0 Å². The van der Waals surface area contributed by atoms with E-state index in [1.807, 2.05) is 13.8 Å². The number of carbonyl (C=O) groups is 1. The number of hydrogen-bond donors (Lipinski definition) is 2. The van der Waals surface area contributed by atoms with Gasteiger partial charge in [-0.3, -0.25) is 4.79 Å². The monoisotopic (exact) mass is 187 g/mol. The fraction of sp³-hybridized carbons (Fsp3) is 0.889. The van der Waals surface area contributed by atoms with Crippen molar-refractivity contribution >= 4 is 18.5 Å². The molecule has 0 saturated heterocycles. The molecule has 1 aliphatic rings. The van der Waals surface area contributed by atoms with Crippen LogP contribution in [0.2, 0.25) is 0 Å². The molecule has 0 aromatic rings. The average Bonchev–Trinajstić information content (AvgIpc) is 2.81. The molecule has 70 valence electrons. The minimum atomic E-state index is -0.149. The van der Waals surface area contributed by atoms with Gasteiger partial charge in [0, 0.05) is 6.54 Å². The van der Waals surface area contributed by atoms with Crippen LogP contribution in [0.3, 0.4) is 0 Å². The third-order valence-corrected chi connectivity index (χ3v) is 2.99. The molecule has 0 aromatic carbocycles. The largest absolute Gasteiger partial charge is 0.355 e. The SMILES string of the molecule is CC(C)C(S)C(=O)NCC1CC1. The van der Waals surface area contributed by atoms with Crippen LogP contribution in [0.5, 0.6) is 0 Å². The van der Waals surface area contributed by atoms with Crippen LogP contribution in [-0.4, -0.2) is 17.7 Å². The molecule has 0 radical (unpaired) electrons. The predicted octanol–water partition coefficient (Wildman–Crippen LogP) is 1.47. The first-order chi connectivity index (χ1) is 5.61. The fourth-order valence-corrected chi connectivity index (χ4v) is 1.07. The van der Waals surface area contributed by atoms with Gasteiger partial charge in [-0.15, -0.1) is 0 Å². The van der Waals surface area contributed by atoms with Crippen molar-refractivity contribution in [2.75, 3.05) is 6.54 Å². The van der Waals surface area contributed by atoms with Crippen LogP contribution in [0.25, 0.3) is 0 Å². The van der Waals surface area contributed by atoms with Crippen molar-refractivity contribution in [3.8, 4) is 0 Å². The summed E-state index contributed by atoms with van der Waals surface area (Å²) in [4.78, 5) is 11.3. The first-order valence-electron chi connectivity index (χ1n) is 4.57. The van der Waals surface area contributed by atoms with Crippen LogP contribution in [0.15, 0.2) is 0 Å². The van der Waals surface area contributed by atoms with E-state index in [1.165, 1.54) is 12.8 Å². The highest BCUT2D eigenvalue weighted by atomic mass is 32.1. The average molecular weight is 187 g/mol. The van der Waals surface area contributed by atoms with Crippen molar-refractivity contribution in [3.63, 3.8) is 0 Å². The van der Waals surface area contributed by atoms with Crippen LogP contribution in [0.1, 0.15) is 26.7 Å². The molecule has 0 aromatic heterocycles. The lowest BCUT2D eigenvalue weighted by Crippen LogP contribution is -2.35. The first-order valence-corrected chi connectivity index (χ1v) is 5.08. The molecule has 0 aliphatic heterocycles. The van der Waals surface area contributed by atoms with Gasteiger partial charge in [-0.1, -0.05) is 13.8 Å². The molecule has 1 saturated carbocycles. The molecule has 1 unspecified atom stereocenters. The Kier molecular flexibility index (Phi) is 3.44. The smallest absolute Gasteiger partial charge is 0.233 e. The van der Waals surface area contributed by atoms with Crippen LogP contribution in [-0.2, 0) is 4.79 Å². The Morgan fingerprint density at radius 3 is 2.58 bits per heavy atom. The summed E-state index contributed by atoms with van der Waals surface area (Å²) in [6.07, 6.45) is 2.55. The van der Waals surface area contributed by atoms with E-state index in [4.69, 9.17) is 0 Å². The van der Waals surface area contributed by atoms with E-state index in [-0.39, 0.29) is 11.2 Å². The molecule has 0 bridgehead atoms. The third-order valence-electron chi connectivity index (χ3n) is 2.16. The molecule has 0 heterocycles. The summed E-state index contributed by atoms with van der Waals surface area (Å²) in [5.41, 5.74) is 0. The van der Waals surface area contributed by atoms with Gasteiger partial charge >= 0.3 is 0 Å². The van der Waals surface area contributed by atoms with Crippen molar-refractivity contribution in [1.82, 2.24) is 5.32 Å². The van der Waals surface area contributed by atoms with E-state index < -0.39 is 0 Å². The van der Waals surface area contributed by atoms with Crippen LogP contribution in [0, 0.1) is 11.8 Å². The summed E-state index contributed by atoms with van der Waals surface area (Å²) in [5.74, 6) is 1.15. The standard InChI is InChI=1S/C9H17NOS/c1-6(2)8(12)9(11)10-5-7-3-4-7/h6-8,12H,3-5H2,1-2H3,(H,10,11). The Morgan fingerprint density at radius 2 is 2.17 bits per heavy atom. The molecule has 1 rings (SSSR count). The van der Waals surface area contributed by atoms with Gasteiger partial charge in [-0.05, 0) is 24.7 Å². The Labute approximate surface area is 79.5 Å². The van der Waals surface area contributed by atoms with Gasteiger partial charge in [0.15, 0.2) is 0 Å². The van der Waals surface area contributed by atoms with Gasteiger partial charge in [0.2, 0.25) is 5.91 Å². The summed E-state index contributed by atoms with van der Waals surface area (Å²) in [6.45, 7) is 4.87. The van der Waals surface area contributed by atoms with E-state index in [2.05, 4.69) is 17.9 Å². The van der Waals surface area contributed by atoms with Crippen molar-refractivity contribution in [2.45, 2.75) is 31.9 Å². The third kappa shape index (κ3) is 3.05. The minimum absolute atomic E-state index is 0.0835. The van der Waals surface area contributed by atoms with E-state index in [1.54, 1.807) is 0 Å². The van der Waals surface area contributed by atoms with Gasteiger partial charge < -0.3 is 5.32 Å². The topological polar surface area (TPSA) is 29.1 Å². The highest BCUT2D eigenvalue weighted by Crippen LogP contribution is 2.27. The number of carbonyl (C=O) groups excluding carboxylic acids is 1. The Hall–Kier alpha value is -0.180. The summed E-state index contributed by atoms with van der Waals surface area (Å²) >= 11 is 4.23. The van der Waals surface area contributed by atoms with Gasteiger partial charge in [0.1, 0.15) is 0 Å². The predicted molar refractivity (Wildman–Crippen MR) is 53.3 cm³/mol. The van der Waals surface area contributed by atoms with Crippen molar-refractivity contribution in [3.05, 3.63) is 0 Å². The zero-order valence-electron chi connectivity index (χ0n) is 7.71. The lowest BCUT2D eigenvalue weighted by atomic mass is 10.1. The van der Waals surface area contributed by atoms with Gasteiger partial charge in [-0.25, -0.2) is 0 Å². The van der Waals surface area contributed by atoms with Crippen molar-refractivity contribution in [1.29, 1.82) is 0 Å². The summed E-state index contributed by atoms with van der Waals surface area (Å²) in [7, 11) is 0. The second-order valence-electron chi connectivity index (χ2n) is 3.88. The molecule has 1 amide bonds. The second kappa shape index (κ2) is 4.17. The molecule has 1 fully saturated rings. The number of rotatable bonds is 4. The summed E-state index contributed by atoms with van der Waals surface area (Å²) in [5, 5.41) is 2.76. The Balaban J connectivity index is 2.16. The zero-order chi connectivity index (χ0) is 9.14. The summed E-state index contributed by atoms with van der Waals surface area (Å²) in [6, 6.07) is 0. The molecule has 2 nitrogen and oxygen atoms in total. The zero-order valence-corrected chi connectivity index (χ0v) is 8.60. The molecule has 0 spiro atoms. The first kappa shape index (κ1) is 9.90. The highest BCUT2D eigenvalue weighted by molar-refractivity contribution is 7.81. The molecule has 1 aliphatic carbocycles. The van der Waals surface area contributed by atoms with Crippen LogP contribution in [0.4, 0.5) is 0 Å². The summed E-state index contributed by atoms with van der Waals surface area (Å²) < 4.78 is 0. The molecular formula is C9H17NOS. The van der Waals surface area contributed by atoms with Crippen LogP contribution >= 0.6 is 12.6 Å². The van der Waals surface area contributed by atoms with E-state index in [0.29, 0.717) is 5.92 Å². The fourth-order valence-electron chi connectivity index (χ4n) is 0.974. The lowest BCUT2D eigenvalue weighted by molar-refractivity contribution is -0.121. The van der Waals surface area contributed by atoms with Gasteiger partial charge in [0.05, 0.1) is 5.25 Å². The van der Waals surface area contributed by atoms with Gasteiger partial charge in [-0.2, -0.15) is 12.6 Å². The number of nitrogens with one attached hydrogen (secondary N) is 1. The molecular weight excluding hydrogens is 170 g/mol. The van der Waals surface area contributed by atoms with Gasteiger partial charge in [0.25, 0.3) is 0 Å². The number of amides is 1. The quantitative estimate of drug-likeness (QED) is 0.641. The molecule has 12 heavy (non-hydrogen) atoms. The van der Waals surface area contributed by atoms with Crippen molar-refractivity contribution < 1.29 is 4.79 Å². The minimum Gasteiger partial charge on any atom is -0.355 e. The highest BCUT2D eigenvalue weighted by Gasteiger charge is 2.23. The van der Waals surface area contributed by atoms with Crippen LogP contribution < -0.4 is 5.32 Å². The number of thiol groups is 1. The van der Waals surface area contributed by atoms with Crippen molar-refractivity contribution in [2.24, 2.45) is 11.8 Å². The Morgan fingerprint density at radius 1 is 1.58 bits per heavy atom. The normalized spacial score (nSPS) is 19.3. The second-order valence-corrected chi connectivity index (χ2v) is 4.43.